The van der Waals surface area contributed by atoms with Crippen molar-refractivity contribution < 1.29 is 26.5 Å². The molecule has 2 atom stereocenters. The number of nitrogens with zero attached hydrogens (tertiary/aromatic N) is 3. The second kappa shape index (κ2) is 7.61. The SMILES string of the molecule is CS(O)(c1ccc2ncc(-c3cccc(N[C@H]4CNCCC4(F)F)n3)n2c1)C(F)(F)F. The minimum Gasteiger partial charge on any atom is -0.360 e. The Balaban J connectivity index is 1.69. The van der Waals surface area contributed by atoms with Crippen LogP contribution in [0.3, 0.4) is 0 Å². The van der Waals surface area contributed by atoms with Gasteiger partial charge in [-0.3, -0.25) is 4.40 Å². The summed E-state index contributed by atoms with van der Waals surface area (Å²) in [6.45, 7) is 0.305. The predicted molar refractivity (Wildman–Crippen MR) is 109 cm³/mol. The van der Waals surface area contributed by atoms with Crippen LogP contribution in [-0.2, 0) is 0 Å². The van der Waals surface area contributed by atoms with Crippen LogP contribution in [-0.4, -0.2) is 55.7 Å². The summed E-state index contributed by atoms with van der Waals surface area (Å²) in [5.74, 6) is -2.68. The van der Waals surface area contributed by atoms with Gasteiger partial charge in [0.1, 0.15) is 17.5 Å². The summed E-state index contributed by atoms with van der Waals surface area (Å²) < 4.78 is 79.6. The topological polar surface area (TPSA) is 74.5 Å². The molecule has 0 bridgehead atoms. The van der Waals surface area contributed by atoms with Crippen molar-refractivity contribution in [2.45, 2.75) is 28.8 Å². The van der Waals surface area contributed by atoms with Gasteiger partial charge in [-0.1, -0.05) is 6.07 Å². The molecule has 3 aromatic heterocycles. The normalized spacial score (nSPS) is 22.1. The molecular formula is C19H20F5N5OS. The molecule has 168 valence electrons. The monoisotopic (exact) mass is 461 g/mol. The van der Waals surface area contributed by atoms with Crippen LogP contribution >= 0.6 is 10.3 Å². The van der Waals surface area contributed by atoms with Gasteiger partial charge in [0, 0.05) is 30.6 Å². The number of hydrogen-bond acceptors (Lipinski definition) is 5. The van der Waals surface area contributed by atoms with E-state index >= 15 is 0 Å². The molecule has 0 aromatic carbocycles. The molecular weight excluding hydrogens is 441 g/mol. The molecule has 12 heteroatoms. The van der Waals surface area contributed by atoms with Crippen molar-refractivity contribution in [3.63, 3.8) is 0 Å². The molecule has 0 spiro atoms. The number of halogens is 5. The van der Waals surface area contributed by atoms with Gasteiger partial charge in [0.05, 0.1) is 17.6 Å². The standard InChI is InChI=1S/C19H20F5N5OS/c1-31(30,19(22,23)24)12-5-6-17-26-9-14(29(17)11-12)13-3-2-4-16(27-13)28-15-10-25-8-7-18(15,20)21/h2-6,9,11,15,25,30H,7-8,10H2,1H3,(H,27,28)/t15-/m0/s1. The molecule has 1 fully saturated rings. The van der Waals surface area contributed by atoms with Crippen molar-refractivity contribution in [2.24, 2.45) is 0 Å². The van der Waals surface area contributed by atoms with Gasteiger partial charge in [0.15, 0.2) is 0 Å². The lowest BCUT2D eigenvalue weighted by atomic mass is 10.0. The Hall–Kier alpha value is -2.44. The molecule has 1 aliphatic rings. The molecule has 31 heavy (non-hydrogen) atoms. The fourth-order valence-electron chi connectivity index (χ4n) is 3.34. The van der Waals surface area contributed by atoms with E-state index in [1.807, 2.05) is 0 Å². The summed E-state index contributed by atoms with van der Waals surface area (Å²) in [4.78, 5) is 8.24. The number of piperidine rings is 1. The zero-order chi connectivity index (χ0) is 22.4. The Bertz CT molecular complexity index is 1100. The summed E-state index contributed by atoms with van der Waals surface area (Å²) in [6.07, 6.45) is 3.08. The van der Waals surface area contributed by atoms with E-state index in [4.69, 9.17) is 0 Å². The molecule has 0 aliphatic carbocycles. The van der Waals surface area contributed by atoms with Gasteiger partial charge in [-0.15, -0.1) is 0 Å². The maximum atomic E-state index is 14.1. The Morgan fingerprint density at radius 3 is 2.74 bits per heavy atom. The van der Waals surface area contributed by atoms with E-state index in [0.717, 1.165) is 6.26 Å². The van der Waals surface area contributed by atoms with Crippen molar-refractivity contribution in [3.8, 4) is 11.4 Å². The number of imidazole rings is 1. The van der Waals surface area contributed by atoms with Crippen LogP contribution in [0.5, 0.6) is 0 Å². The lowest BCUT2D eigenvalue weighted by Gasteiger charge is -2.32. The molecule has 6 nitrogen and oxygen atoms in total. The Morgan fingerprint density at radius 1 is 1.26 bits per heavy atom. The maximum absolute atomic E-state index is 14.1. The third-order valence-corrected chi connectivity index (χ3v) is 7.28. The minimum absolute atomic E-state index is 0.0766. The largest absolute Gasteiger partial charge is 0.450 e. The van der Waals surface area contributed by atoms with Crippen LogP contribution in [0.1, 0.15) is 6.42 Å². The number of nitrogens with one attached hydrogen (secondary N) is 2. The number of fused-ring (bicyclic) bond motifs is 1. The molecule has 1 unspecified atom stereocenters. The second-order valence-electron chi connectivity index (χ2n) is 7.38. The van der Waals surface area contributed by atoms with E-state index in [0.29, 0.717) is 17.0 Å². The van der Waals surface area contributed by atoms with Crippen molar-refractivity contribution >= 4 is 21.8 Å². The summed E-state index contributed by atoms with van der Waals surface area (Å²) in [5.41, 5.74) is -3.72. The van der Waals surface area contributed by atoms with Crippen molar-refractivity contribution in [1.29, 1.82) is 0 Å². The molecule has 4 rings (SSSR count). The molecule has 1 saturated heterocycles. The highest BCUT2D eigenvalue weighted by atomic mass is 32.3. The maximum Gasteiger partial charge on any atom is 0.450 e. The van der Waals surface area contributed by atoms with Gasteiger partial charge >= 0.3 is 5.51 Å². The highest BCUT2D eigenvalue weighted by Crippen LogP contribution is 2.61. The first kappa shape index (κ1) is 21.8. The number of hydrogen-bond donors (Lipinski definition) is 3. The third-order valence-electron chi connectivity index (χ3n) is 5.22. The first-order chi connectivity index (χ1) is 14.5. The summed E-state index contributed by atoms with van der Waals surface area (Å²) >= 11 is 0. The Kier molecular flexibility index (Phi) is 5.34. The van der Waals surface area contributed by atoms with Crippen LogP contribution in [0, 0.1) is 0 Å². The van der Waals surface area contributed by atoms with Crippen molar-refractivity contribution in [2.75, 3.05) is 24.7 Å². The number of alkyl halides is 5. The van der Waals surface area contributed by atoms with Gasteiger partial charge in [0.25, 0.3) is 5.92 Å². The zero-order valence-electron chi connectivity index (χ0n) is 16.3. The van der Waals surface area contributed by atoms with E-state index in [-0.39, 0.29) is 30.2 Å². The first-order valence-corrected chi connectivity index (χ1v) is 11.4. The summed E-state index contributed by atoms with van der Waals surface area (Å²) in [7, 11) is -4.06. The lowest BCUT2D eigenvalue weighted by Crippen LogP contribution is -2.52. The van der Waals surface area contributed by atoms with Crippen molar-refractivity contribution in [3.05, 3.63) is 42.7 Å². The molecule has 4 heterocycles. The van der Waals surface area contributed by atoms with E-state index in [1.165, 1.54) is 28.9 Å². The molecule has 3 N–H and O–H groups in total. The molecule has 1 aliphatic heterocycles. The van der Waals surface area contributed by atoms with Crippen LogP contribution in [0.2, 0.25) is 0 Å². The Labute approximate surface area is 176 Å². The van der Waals surface area contributed by atoms with E-state index in [1.54, 1.807) is 18.2 Å². The highest BCUT2D eigenvalue weighted by Gasteiger charge is 2.47. The quantitative estimate of drug-likeness (QED) is 0.496. The fraction of sp³-hybridized carbons (Fsp3) is 0.368. The lowest BCUT2D eigenvalue weighted by molar-refractivity contribution is -0.0442. The first-order valence-electron chi connectivity index (χ1n) is 9.36. The van der Waals surface area contributed by atoms with Crippen molar-refractivity contribution in [1.82, 2.24) is 19.7 Å². The molecule has 3 aromatic rings. The van der Waals surface area contributed by atoms with E-state index in [9.17, 15) is 26.5 Å². The predicted octanol–water partition coefficient (Wildman–Crippen LogP) is 4.59. The van der Waals surface area contributed by atoms with E-state index < -0.39 is 27.8 Å². The van der Waals surface area contributed by atoms with Crippen LogP contribution in [0.15, 0.2) is 47.6 Å². The summed E-state index contributed by atoms with van der Waals surface area (Å²) in [6, 6.07) is 6.19. The number of anilines is 1. The minimum atomic E-state index is -4.79. The molecule has 0 radical (unpaired) electrons. The second-order valence-corrected chi connectivity index (χ2v) is 10.1. The van der Waals surface area contributed by atoms with E-state index in [2.05, 4.69) is 20.6 Å². The number of pyridine rings is 2. The Morgan fingerprint density at radius 2 is 2.03 bits per heavy atom. The fourth-order valence-corrected chi connectivity index (χ4v) is 4.25. The number of rotatable bonds is 4. The van der Waals surface area contributed by atoms with Gasteiger partial charge in [-0.25, -0.2) is 18.7 Å². The van der Waals surface area contributed by atoms with Gasteiger partial charge in [0.2, 0.25) is 0 Å². The van der Waals surface area contributed by atoms with Crippen LogP contribution in [0.4, 0.5) is 27.8 Å². The highest BCUT2D eigenvalue weighted by molar-refractivity contribution is 8.29. The average Bonchev–Trinajstić information content (AvgIpc) is 3.12. The third kappa shape index (κ3) is 4.06. The summed E-state index contributed by atoms with van der Waals surface area (Å²) in [5, 5.41) is 5.65. The average molecular weight is 461 g/mol. The van der Waals surface area contributed by atoms with Gasteiger partial charge in [-0.2, -0.15) is 13.2 Å². The van der Waals surface area contributed by atoms with Gasteiger partial charge in [-0.05, 0) is 40.8 Å². The van der Waals surface area contributed by atoms with Crippen LogP contribution in [0.25, 0.3) is 17.0 Å². The molecule has 0 amide bonds. The number of aromatic nitrogens is 3. The zero-order valence-corrected chi connectivity index (χ0v) is 17.1. The van der Waals surface area contributed by atoms with Crippen LogP contribution < -0.4 is 10.6 Å². The smallest absolute Gasteiger partial charge is 0.360 e. The molecule has 0 saturated carbocycles. The van der Waals surface area contributed by atoms with Gasteiger partial charge < -0.3 is 15.2 Å².